The summed E-state index contributed by atoms with van der Waals surface area (Å²) in [5.74, 6) is -0.565. The number of hydrogen-bond donors (Lipinski definition) is 1. The molecule has 0 radical (unpaired) electrons. The molecule has 4 heteroatoms. The number of carboxylic acids is 1. The highest BCUT2D eigenvalue weighted by Gasteiger charge is 2.11. The Balaban J connectivity index is 2.21. The van der Waals surface area contributed by atoms with Crippen LogP contribution in [0.3, 0.4) is 0 Å². The topological polar surface area (TPSA) is 46.5 Å². The van der Waals surface area contributed by atoms with E-state index >= 15 is 0 Å². The van der Waals surface area contributed by atoms with Gasteiger partial charge in [-0.2, -0.15) is 0 Å². The van der Waals surface area contributed by atoms with Crippen LogP contribution in [-0.4, -0.2) is 11.1 Å². The molecule has 2 aromatic rings. The van der Waals surface area contributed by atoms with Crippen molar-refractivity contribution >= 4 is 17.6 Å². The van der Waals surface area contributed by atoms with Gasteiger partial charge >= 0.3 is 5.97 Å². The summed E-state index contributed by atoms with van der Waals surface area (Å²) in [5.41, 5.74) is 4.71. The molecule has 2 aromatic carbocycles. The number of halogens is 1. The zero-order valence-electron chi connectivity index (χ0n) is 12.2. The molecule has 0 aliphatic heterocycles. The van der Waals surface area contributed by atoms with E-state index in [4.69, 9.17) is 21.4 Å². The second-order valence-electron chi connectivity index (χ2n) is 5.11. The van der Waals surface area contributed by atoms with Gasteiger partial charge in [0.2, 0.25) is 0 Å². The number of carboxylic acid groups (broad SMARTS) is 1. The third-order valence-corrected chi connectivity index (χ3v) is 3.72. The molecule has 0 saturated heterocycles. The van der Waals surface area contributed by atoms with E-state index in [0.29, 0.717) is 12.4 Å². The molecule has 0 spiro atoms. The SMILES string of the molecule is Cc1cc(C)c(COc2ccc(Cl)c(C(=O)O)c2)c(C)c1. The lowest BCUT2D eigenvalue weighted by Gasteiger charge is -2.13. The Morgan fingerprint density at radius 2 is 1.76 bits per heavy atom. The van der Waals surface area contributed by atoms with Crippen LogP contribution in [0.1, 0.15) is 32.6 Å². The van der Waals surface area contributed by atoms with Crippen LogP contribution in [0.2, 0.25) is 5.02 Å². The predicted molar refractivity (Wildman–Crippen MR) is 83.4 cm³/mol. The van der Waals surface area contributed by atoms with Crippen molar-refractivity contribution in [2.24, 2.45) is 0 Å². The average Bonchev–Trinajstić information content (AvgIpc) is 2.38. The average molecular weight is 305 g/mol. The van der Waals surface area contributed by atoms with E-state index in [-0.39, 0.29) is 10.6 Å². The zero-order valence-corrected chi connectivity index (χ0v) is 13.0. The fourth-order valence-corrected chi connectivity index (χ4v) is 2.55. The third kappa shape index (κ3) is 3.56. The second-order valence-corrected chi connectivity index (χ2v) is 5.52. The molecule has 0 atom stereocenters. The minimum atomic E-state index is -1.06. The van der Waals surface area contributed by atoms with Crippen LogP contribution in [0.15, 0.2) is 30.3 Å². The maximum absolute atomic E-state index is 11.1. The van der Waals surface area contributed by atoms with Crippen molar-refractivity contribution in [2.45, 2.75) is 27.4 Å². The first-order valence-electron chi connectivity index (χ1n) is 6.61. The molecule has 0 fully saturated rings. The van der Waals surface area contributed by atoms with Crippen molar-refractivity contribution in [3.63, 3.8) is 0 Å². The Hall–Kier alpha value is -2.00. The molecule has 0 aromatic heterocycles. The maximum atomic E-state index is 11.1. The van der Waals surface area contributed by atoms with Crippen LogP contribution in [0.4, 0.5) is 0 Å². The van der Waals surface area contributed by atoms with Gasteiger partial charge in [-0.05, 0) is 55.7 Å². The molecule has 0 heterocycles. The lowest BCUT2D eigenvalue weighted by Crippen LogP contribution is -2.03. The van der Waals surface area contributed by atoms with Crippen molar-refractivity contribution in [3.8, 4) is 5.75 Å². The van der Waals surface area contributed by atoms with Crippen molar-refractivity contribution < 1.29 is 14.6 Å². The number of hydrogen-bond acceptors (Lipinski definition) is 2. The predicted octanol–water partition coefficient (Wildman–Crippen LogP) is 4.54. The van der Waals surface area contributed by atoms with Gasteiger partial charge in [0, 0.05) is 0 Å². The van der Waals surface area contributed by atoms with Crippen molar-refractivity contribution in [3.05, 3.63) is 63.2 Å². The van der Waals surface area contributed by atoms with Crippen LogP contribution in [0.5, 0.6) is 5.75 Å². The highest BCUT2D eigenvalue weighted by Crippen LogP contribution is 2.24. The molecule has 110 valence electrons. The monoisotopic (exact) mass is 304 g/mol. The van der Waals surface area contributed by atoms with Gasteiger partial charge in [-0.1, -0.05) is 29.3 Å². The quantitative estimate of drug-likeness (QED) is 0.902. The Bertz CT molecular complexity index is 669. The Labute approximate surface area is 129 Å². The molecular formula is C17H17ClO3. The first-order valence-corrected chi connectivity index (χ1v) is 6.98. The summed E-state index contributed by atoms with van der Waals surface area (Å²) < 4.78 is 5.72. The zero-order chi connectivity index (χ0) is 15.6. The highest BCUT2D eigenvalue weighted by molar-refractivity contribution is 6.33. The second kappa shape index (κ2) is 6.19. The smallest absolute Gasteiger partial charge is 0.337 e. The van der Waals surface area contributed by atoms with E-state index in [1.807, 2.05) is 13.8 Å². The number of ether oxygens (including phenoxy) is 1. The van der Waals surface area contributed by atoms with Gasteiger partial charge in [-0.25, -0.2) is 4.79 Å². The Morgan fingerprint density at radius 1 is 1.14 bits per heavy atom. The van der Waals surface area contributed by atoms with Crippen LogP contribution in [0, 0.1) is 20.8 Å². The normalized spacial score (nSPS) is 10.5. The molecule has 0 amide bonds. The molecule has 0 bridgehead atoms. The molecular weight excluding hydrogens is 288 g/mol. The summed E-state index contributed by atoms with van der Waals surface area (Å²) in [5, 5.41) is 9.26. The van der Waals surface area contributed by atoms with E-state index in [1.165, 1.54) is 28.8 Å². The standard InChI is InChI=1S/C17H17ClO3/c1-10-6-11(2)15(12(3)7-10)9-21-13-4-5-16(18)14(8-13)17(19)20/h4-8H,9H2,1-3H3,(H,19,20). The fraction of sp³-hybridized carbons (Fsp3) is 0.235. The summed E-state index contributed by atoms with van der Waals surface area (Å²) >= 11 is 5.84. The number of aromatic carboxylic acids is 1. The van der Waals surface area contributed by atoms with Crippen molar-refractivity contribution in [1.82, 2.24) is 0 Å². The van der Waals surface area contributed by atoms with Gasteiger partial charge in [0.25, 0.3) is 0 Å². The Morgan fingerprint density at radius 3 is 2.33 bits per heavy atom. The summed E-state index contributed by atoms with van der Waals surface area (Å²) in [7, 11) is 0. The molecule has 1 N–H and O–H groups in total. The number of carbonyl (C=O) groups is 1. The lowest BCUT2D eigenvalue weighted by atomic mass is 10.0. The van der Waals surface area contributed by atoms with Crippen LogP contribution >= 0.6 is 11.6 Å². The largest absolute Gasteiger partial charge is 0.489 e. The molecule has 0 aliphatic carbocycles. The van der Waals surface area contributed by atoms with Crippen molar-refractivity contribution in [1.29, 1.82) is 0 Å². The van der Waals surface area contributed by atoms with E-state index in [0.717, 1.165) is 5.56 Å². The number of benzene rings is 2. The van der Waals surface area contributed by atoms with E-state index in [9.17, 15) is 4.79 Å². The van der Waals surface area contributed by atoms with E-state index in [1.54, 1.807) is 6.07 Å². The summed E-state index contributed by atoms with van der Waals surface area (Å²) in [6, 6.07) is 8.87. The highest BCUT2D eigenvalue weighted by atomic mass is 35.5. The lowest BCUT2D eigenvalue weighted by molar-refractivity contribution is 0.0696. The summed E-state index contributed by atoms with van der Waals surface area (Å²) in [6.45, 7) is 6.55. The molecule has 21 heavy (non-hydrogen) atoms. The van der Waals surface area contributed by atoms with E-state index < -0.39 is 5.97 Å². The number of rotatable bonds is 4. The van der Waals surface area contributed by atoms with Gasteiger partial charge in [0.1, 0.15) is 12.4 Å². The molecule has 2 rings (SSSR count). The fourth-order valence-electron chi connectivity index (χ4n) is 2.35. The van der Waals surface area contributed by atoms with Gasteiger partial charge < -0.3 is 9.84 Å². The minimum absolute atomic E-state index is 0.0477. The third-order valence-electron chi connectivity index (χ3n) is 3.39. The first kappa shape index (κ1) is 15.4. The minimum Gasteiger partial charge on any atom is -0.489 e. The molecule has 0 aliphatic rings. The summed E-state index contributed by atoms with van der Waals surface area (Å²) in [6.07, 6.45) is 0. The first-order chi connectivity index (χ1) is 9.88. The maximum Gasteiger partial charge on any atom is 0.337 e. The Kier molecular flexibility index (Phi) is 4.53. The summed E-state index contributed by atoms with van der Waals surface area (Å²) in [4.78, 5) is 11.1. The molecule has 0 unspecified atom stereocenters. The van der Waals surface area contributed by atoms with Crippen molar-refractivity contribution in [2.75, 3.05) is 0 Å². The van der Waals surface area contributed by atoms with E-state index in [2.05, 4.69) is 19.1 Å². The van der Waals surface area contributed by atoms with Gasteiger partial charge in [0.15, 0.2) is 0 Å². The van der Waals surface area contributed by atoms with Crippen LogP contribution in [-0.2, 0) is 6.61 Å². The molecule has 3 nitrogen and oxygen atoms in total. The molecule has 0 saturated carbocycles. The van der Waals surface area contributed by atoms with Gasteiger partial charge in [-0.15, -0.1) is 0 Å². The van der Waals surface area contributed by atoms with Crippen LogP contribution < -0.4 is 4.74 Å². The van der Waals surface area contributed by atoms with Gasteiger partial charge in [0.05, 0.1) is 10.6 Å². The van der Waals surface area contributed by atoms with Gasteiger partial charge in [-0.3, -0.25) is 0 Å². The number of aryl methyl sites for hydroxylation is 3. The van der Waals surface area contributed by atoms with Crippen LogP contribution in [0.25, 0.3) is 0 Å².